The Morgan fingerprint density at radius 3 is 2.50 bits per heavy atom. The number of Topliss-reactive ketones (excluding diaryl/α,β-unsaturated/α-hetero) is 1. The van der Waals surface area contributed by atoms with E-state index in [1.165, 1.54) is 11.3 Å². The monoisotopic (exact) mass is 268 g/mol. The van der Waals surface area contributed by atoms with Gasteiger partial charge in [-0.2, -0.15) is 0 Å². The third-order valence-electron chi connectivity index (χ3n) is 2.69. The molecule has 0 radical (unpaired) electrons. The molecule has 1 amide bonds. The van der Waals surface area contributed by atoms with E-state index in [-0.39, 0.29) is 17.6 Å². The van der Waals surface area contributed by atoms with E-state index in [2.05, 4.69) is 5.32 Å². The first-order valence-corrected chi connectivity index (χ1v) is 6.93. The Bertz CT molecular complexity index is 464. The highest BCUT2D eigenvalue weighted by molar-refractivity contribution is 7.18. The van der Waals surface area contributed by atoms with Crippen LogP contribution in [0.5, 0.6) is 0 Å². The van der Waals surface area contributed by atoms with Crippen molar-refractivity contribution < 1.29 is 9.59 Å². The maximum atomic E-state index is 12.0. The third kappa shape index (κ3) is 2.90. The zero-order valence-corrected chi connectivity index (χ0v) is 12.1. The Kier molecular flexibility index (Phi) is 4.90. The van der Waals surface area contributed by atoms with E-state index in [1.807, 2.05) is 20.8 Å². The van der Waals surface area contributed by atoms with E-state index < -0.39 is 0 Å². The largest absolute Gasteiger partial charge is 0.390 e. The molecule has 0 aliphatic rings. The van der Waals surface area contributed by atoms with Crippen LogP contribution in [0.3, 0.4) is 0 Å². The van der Waals surface area contributed by atoms with Crippen LogP contribution in [0.4, 0.5) is 5.00 Å². The number of carbonyl (C=O) groups excluding carboxylic acids is 2. The molecule has 0 aliphatic carbocycles. The molecular formula is C13H20N2O2S. The molecule has 0 unspecified atom stereocenters. The summed E-state index contributed by atoms with van der Waals surface area (Å²) < 4.78 is 0. The molecule has 100 valence electrons. The first kappa shape index (κ1) is 14.7. The number of nitrogen functional groups attached to an aromatic ring is 1. The molecule has 5 heteroatoms. The Morgan fingerprint density at radius 2 is 2.00 bits per heavy atom. The number of carbonyl (C=O) groups is 2. The Balaban J connectivity index is 3.08. The standard InChI is InChI=1S/C13H20N2O2S/c1-5-6-15-13(17)11-8(4)9(12(14)18-11)10(16)7(2)3/h7H,5-6,14H2,1-4H3,(H,15,17). The van der Waals surface area contributed by atoms with Crippen molar-refractivity contribution in [2.24, 2.45) is 5.92 Å². The van der Waals surface area contributed by atoms with Gasteiger partial charge in [0.05, 0.1) is 15.4 Å². The number of amides is 1. The lowest BCUT2D eigenvalue weighted by atomic mass is 9.99. The molecule has 0 fully saturated rings. The van der Waals surface area contributed by atoms with Crippen molar-refractivity contribution >= 4 is 28.0 Å². The zero-order chi connectivity index (χ0) is 13.9. The third-order valence-corrected chi connectivity index (χ3v) is 3.81. The molecule has 0 aromatic carbocycles. The van der Waals surface area contributed by atoms with Crippen LogP contribution in [-0.4, -0.2) is 18.2 Å². The van der Waals surface area contributed by atoms with Crippen LogP contribution in [0.1, 0.15) is 52.8 Å². The van der Waals surface area contributed by atoms with Gasteiger partial charge < -0.3 is 11.1 Å². The van der Waals surface area contributed by atoms with E-state index in [0.717, 1.165) is 6.42 Å². The molecule has 3 N–H and O–H groups in total. The van der Waals surface area contributed by atoms with E-state index in [4.69, 9.17) is 5.73 Å². The molecule has 1 rings (SSSR count). The average molecular weight is 268 g/mol. The quantitative estimate of drug-likeness (QED) is 0.806. The van der Waals surface area contributed by atoms with E-state index in [1.54, 1.807) is 6.92 Å². The van der Waals surface area contributed by atoms with Gasteiger partial charge in [-0.15, -0.1) is 11.3 Å². The second-order valence-corrected chi connectivity index (χ2v) is 5.62. The van der Waals surface area contributed by atoms with Crippen molar-refractivity contribution in [2.45, 2.75) is 34.1 Å². The summed E-state index contributed by atoms with van der Waals surface area (Å²) >= 11 is 1.19. The Labute approximate surface area is 112 Å². The first-order chi connectivity index (χ1) is 8.40. The van der Waals surface area contributed by atoms with Crippen molar-refractivity contribution in [1.82, 2.24) is 5.32 Å². The summed E-state index contributed by atoms with van der Waals surface area (Å²) in [5.41, 5.74) is 7.07. The van der Waals surface area contributed by atoms with Gasteiger partial charge >= 0.3 is 0 Å². The number of thiophene rings is 1. The maximum Gasteiger partial charge on any atom is 0.261 e. The molecule has 4 nitrogen and oxygen atoms in total. The SMILES string of the molecule is CCCNC(=O)c1sc(N)c(C(=O)C(C)C)c1C. The number of hydrogen-bond donors (Lipinski definition) is 2. The zero-order valence-electron chi connectivity index (χ0n) is 11.3. The fraction of sp³-hybridized carbons (Fsp3) is 0.538. The minimum absolute atomic E-state index is 0.00390. The molecule has 1 aromatic heterocycles. The number of nitrogens with two attached hydrogens (primary N) is 1. The number of rotatable bonds is 5. The van der Waals surface area contributed by atoms with E-state index in [0.29, 0.717) is 27.5 Å². The smallest absolute Gasteiger partial charge is 0.261 e. The summed E-state index contributed by atoms with van der Waals surface area (Å²) in [4.78, 5) is 24.5. The van der Waals surface area contributed by atoms with Gasteiger partial charge in [0.1, 0.15) is 0 Å². The van der Waals surface area contributed by atoms with Gasteiger partial charge in [0.2, 0.25) is 0 Å². The molecule has 0 saturated heterocycles. The molecule has 1 aromatic rings. The van der Waals surface area contributed by atoms with Crippen molar-refractivity contribution in [1.29, 1.82) is 0 Å². The summed E-state index contributed by atoms with van der Waals surface area (Å²) in [7, 11) is 0. The lowest BCUT2D eigenvalue weighted by Crippen LogP contribution is -2.23. The van der Waals surface area contributed by atoms with Gasteiger partial charge in [-0.05, 0) is 18.9 Å². The number of ketones is 1. The first-order valence-electron chi connectivity index (χ1n) is 6.11. The molecule has 1 heterocycles. The Morgan fingerprint density at radius 1 is 1.39 bits per heavy atom. The van der Waals surface area contributed by atoms with Gasteiger partial charge in [-0.25, -0.2) is 0 Å². The maximum absolute atomic E-state index is 12.0. The van der Waals surface area contributed by atoms with Crippen LogP contribution in [0.25, 0.3) is 0 Å². The van der Waals surface area contributed by atoms with Crippen molar-refractivity contribution in [3.63, 3.8) is 0 Å². The number of hydrogen-bond acceptors (Lipinski definition) is 4. The van der Waals surface area contributed by atoms with E-state index in [9.17, 15) is 9.59 Å². The molecule has 0 spiro atoms. The highest BCUT2D eigenvalue weighted by Gasteiger charge is 2.24. The fourth-order valence-electron chi connectivity index (χ4n) is 1.67. The van der Waals surface area contributed by atoms with E-state index >= 15 is 0 Å². The summed E-state index contributed by atoms with van der Waals surface area (Å²) in [6.45, 7) is 8.06. The summed E-state index contributed by atoms with van der Waals surface area (Å²) in [5, 5.41) is 3.24. The van der Waals surface area contributed by atoms with Crippen molar-refractivity contribution in [3.05, 3.63) is 16.0 Å². The lowest BCUT2D eigenvalue weighted by Gasteiger charge is -2.05. The molecule has 18 heavy (non-hydrogen) atoms. The van der Waals surface area contributed by atoms with Crippen LogP contribution in [-0.2, 0) is 0 Å². The molecular weight excluding hydrogens is 248 g/mol. The van der Waals surface area contributed by atoms with Crippen LogP contribution in [0.2, 0.25) is 0 Å². The van der Waals surface area contributed by atoms with Crippen LogP contribution in [0.15, 0.2) is 0 Å². The number of anilines is 1. The van der Waals surface area contributed by atoms with Gasteiger partial charge in [-0.3, -0.25) is 9.59 Å². The summed E-state index contributed by atoms with van der Waals surface area (Å²) in [6.07, 6.45) is 0.878. The topological polar surface area (TPSA) is 72.2 Å². The normalized spacial score (nSPS) is 10.7. The average Bonchev–Trinajstić information content (AvgIpc) is 2.61. The van der Waals surface area contributed by atoms with Crippen molar-refractivity contribution in [3.8, 4) is 0 Å². The highest BCUT2D eigenvalue weighted by Crippen LogP contribution is 2.32. The van der Waals surface area contributed by atoms with Crippen LogP contribution < -0.4 is 11.1 Å². The molecule has 0 bridgehead atoms. The predicted octanol–water partition coefficient (Wildman–Crippen LogP) is 2.62. The van der Waals surface area contributed by atoms with Gasteiger partial charge in [0.25, 0.3) is 5.91 Å². The second-order valence-electron chi connectivity index (χ2n) is 4.57. The fourth-order valence-corrected chi connectivity index (χ4v) is 2.66. The minimum atomic E-state index is -0.145. The molecule has 0 atom stereocenters. The minimum Gasteiger partial charge on any atom is -0.390 e. The van der Waals surface area contributed by atoms with Gasteiger partial charge in [0.15, 0.2) is 5.78 Å². The second kappa shape index (κ2) is 6.00. The van der Waals surface area contributed by atoms with Gasteiger partial charge in [-0.1, -0.05) is 20.8 Å². The highest BCUT2D eigenvalue weighted by atomic mass is 32.1. The van der Waals surface area contributed by atoms with Crippen LogP contribution >= 0.6 is 11.3 Å². The molecule has 0 aliphatic heterocycles. The lowest BCUT2D eigenvalue weighted by molar-refractivity contribution is 0.0940. The van der Waals surface area contributed by atoms with Crippen LogP contribution in [0, 0.1) is 12.8 Å². The number of nitrogens with one attached hydrogen (secondary N) is 1. The van der Waals surface area contributed by atoms with Crippen molar-refractivity contribution in [2.75, 3.05) is 12.3 Å². The summed E-state index contributed by atoms with van der Waals surface area (Å²) in [5.74, 6) is -0.267. The summed E-state index contributed by atoms with van der Waals surface area (Å²) in [6, 6.07) is 0. The molecule has 0 saturated carbocycles. The Hall–Kier alpha value is -1.36. The van der Waals surface area contributed by atoms with Gasteiger partial charge in [0, 0.05) is 12.5 Å². The predicted molar refractivity (Wildman–Crippen MR) is 75.3 cm³/mol.